The molecule has 1 aromatic carbocycles. The summed E-state index contributed by atoms with van der Waals surface area (Å²) in [6.07, 6.45) is 4.87. The number of rotatable bonds is 4. The first-order valence-corrected chi connectivity index (χ1v) is 8.78. The van der Waals surface area contributed by atoms with Crippen molar-refractivity contribution in [2.75, 3.05) is 25.0 Å². The Bertz CT molecular complexity index is 539. The summed E-state index contributed by atoms with van der Waals surface area (Å²) < 4.78 is 1.03. The van der Waals surface area contributed by atoms with Crippen molar-refractivity contribution in [2.45, 2.75) is 52.5 Å². The van der Waals surface area contributed by atoms with E-state index in [2.05, 4.69) is 44.3 Å². The number of hydrogen-bond donors (Lipinski definition) is 1. The molecule has 4 rings (SSSR count). The first-order valence-electron chi connectivity index (χ1n) is 8.78. The number of nitrogens with one attached hydrogen (secondary N) is 1. The highest BCUT2D eigenvalue weighted by Gasteiger charge is 2.50. The van der Waals surface area contributed by atoms with E-state index in [0.29, 0.717) is 0 Å². The summed E-state index contributed by atoms with van der Waals surface area (Å²) in [6.45, 7) is 9.94. The minimum atomic E-state index is 0. The molecule has 0 saturated carbocycles. The molecule has 0 spiro atoms. The van der Waals surface area contributed by atoms with Crippen LogP contribution in [0, 0.1) is 19.8 Å². The minimum Gasteiger partial charge on any atom is -1.00 e. The lowest BCUT2D eigenvalue weighted by molar-refractivity contribution is -0.957. The number of aryl methyl sites for hydroxylation is 2. The van der Waals surface area contributed by atoms with Crippen molar-refractivity contribution in [3.63, 3.8) is 0 Å². The SMILES string of the molecule is CCC[N+]12CCC(CC1)CC2C(=O)Nc1c(C)cccc1C.[Cl-]. The average molecular weight is 337 g/mol. The molecule has 1 atom stereocenters. The second-order valence-electron chi connectivity index (χ2n) is 7.34. The molecule has 2 bridgehead atoms. The summed E-state index contributed by atoms with van der Waals surface area (Å²) in [6, 6.07) is 6.36. The smallest absolute Gasteiger partial charge is 0.282 e. The number of quaternary nitrogens is 1. The van der Waals surface area contributed by atoms with Gasteiger partial charge in [-0.2, -0.15) is 0 Å². The molecule has 1 N–H and O–H groups in total. The number of hydrogen-bond acceptors (Lipinski definition) is 1. The Morgan fingerprint density at radius 1 is 1.22 bits per heavy atom. The van der Waals surface area contributed by atoms with Crippen molar-refractivity contribution in [3.8, 4) is 0 Å². The number of nitrogens with zero attached hydrogens (tertiary/aromatic N) is 1. The van der Waals surface area contributed by atoms with Crippen molar-refractivity contribution in [1.82, 2.24) is 0 Å². The number of piperidine rings is 3. The first kappa shape index (κ1) is 18.3. The second kappa shape index (κ2) is 7.23. The maximum absolute atomic E-state index is 13.0. The molecule has 3 fully saturated rings. The van der Waals surface area contributed by atoms with Crippen molar-refractivity contribution in [3.05, 3.63) is 29.3 Å². The van der Waals surface area contributed by atoms with Crippen LogP contribution >= 0.6 is 0 Å². The number of halogens is 1. The second-order valence-corrected chi connectivity index (χ2v) is 7.34. The van der Waals surface area contributed by atoms with Gasteiger partial charge in [0.25, 0.3) is 5.91 Å². The molecule has 3 nitrogen and oxygen atoms in total. The molecular weight excluding hydrogens is 308 g/mol. The van der Waals surface area contributed by atoms with Gasteiger partial charge in [0.1, 0.15) is 0 Å². The van der Waals surface area contributed by atoms with E-state index in [1.54, 1.807) is 0 Å². The summed E-state index contributed by atoms with van der Waals surface area (Å²) >= 11 is 0. The van der Waals surface area contributed by atoms with Gasteiger partial charge in [-0.05, 0) is 50.2 Å². The van der Waals surface area contributed by atoms with E-state index in [4.69, 9.17) is 0 Å². The van der Waals surface area contributed by atoms with Gasteiger partial charge in [0.15, 0.2) is 6.04 Å². The van der Waals surface area contributed by atoms with E-state index in [9.17, 15) is 4.79 Å². The average Bonchev–Trinajstić information content (AvgIpc) is 2.52. The highest BCUT2D eigenvalue weighted by atomic mass is 35.5. The van der Waals surface area contributed by atoms with Crippen molar-refractivity contribution in [2.24, 2.45) is 5.92 Å². The molecule has 1 unspecified atom stereocenters. The Morgan fingerprint density at radius 2 is 1.83 bits per heavy atom. The number of benzene rings is 1. The van der Waals surface area contributed by atoms with E-state index >= 15 is 0 Å². The largest absolute Gasteiger partial charge is 1.00 e. The number of para-hydroxylation sites is 1. The summed E-state index contributed by atoms with van der Waals surface area (Å²) in [5.41, 5.74) is 3.34. The molecule has 0 aliphatic carbocycles. The van der Waals surface area contributed by atoms with Gasteiger partial charge in [-0.25, -0.2) is 0 Å². The molecule has 3 saturated heterocycles. The Balaban J connectivity index is 0.00000192. The third-order valence-electron chi connectivity index (χ3n) is 5.88. The summed E-state index contributed by atoms with van der Waals surface area (Å²) in [7, 11) is 0. The van der Waals surface area contributed by atoms with Gasteiger partial charge in [0, 0.05) is 12.1 Å². The molecular formula is C19H29ClN2O. The normalized spacial score (nSPS) is 29.0. The Kier molecular flexibility index (Phi) is 5.74. The highest BCUT2D eigenvalue weighted by Crippen LogP contribution is 2.39. The number of carbonyl (C=O) groups excluding carboxylic acids is 1. The number of carbonyl (C=O) groups is 1. The van der Waals surface area contributed by atoms with Crippen molar-refractivity contribution in [1.29, 1.82) is 0 Å². The predicted molar refractivity (Wildman–Crippen MR) is 90.8 cm³/mol. The quantitative estimate of drug-likeness (QED) is 0.804. The van der Waals surface area contributed by atoms with Gasteiger partial charge >= 0.3 is 0 Å². The molecule has 3 aliphatic heterocycles. The predicted octanol–water partition coefficient (Wildman–Crippen LogP) is 0.655. The summed E-state index contributed by atoms with van der Waals surface area (Å²) in [5.74, 6) is 1.01. The van der Waals surface area contributed by atoms with Crippen LogP contribution in [0.2, 0.25) is 0 Å². The van der Waals surface area contributed by atoms with E-state index in [0.717, 1.165) is 46.6 Å². The van der Waals surface area contributed by atoms with Crippen LogP contribution in [-0.2, 0) is 4.79 Å². The first-order chi connectivity index (χ1) is 10.6. The van der Waals surface area contributed by atoms with Crippen LogP contribution in [0.5, 0.6) is 0 Å². The maximum Gasteiger partial charge on any atom is 0.282 e. The van der Waals surface area contributed by atoms with Gasteiger partial charge < -0.3 is 22.2 Å². The van der Waals surface area contributed by atoms with Gasteiger partial charge in [-0.15, -0.1) is 0 Å². The summed E-state index contributed by atoms with van der Waals surface area (Å²) in [4.78, 5) is 13.0. The Labute approximate surface area is 146 Å². The van der Waals surface area contributed by atoms with Crippen LogP contribution in [0.4, 0.5) is 5.69 Å². The van der Waals surface area contributed by atoms with E-state index < -0.39 is 0 Å². The zero-order valence-corrected chi connectivity index (χ0v) is 15.3. The Morgan fingerprint density at radius 3 is 2.39 bits per heavy atom. The van der Waals surface area contributed by atoms with Gasteiger partial charge in [0.05, 0.1) is 19.6 Å². The number of amides is 1. The van der Waals surface area contributed by atoms with E-state index in [1.165, 1.54) is 25.9 Å². The fourth-order valence-electron chi connectivity index (χ4n) is 4.62. The standard InChI is InChI=1S/C19H28N2O.ClH/c1-4-10-21-11-8-16(9-12-21)13-17(21)19(22)20-18-14(2)6-5-7-15(18)3;/h5-7,16-17H,4,8-13H2,1-3H3;1H. The molecule has 0 aromatic heterocycles. The van der Waals surface area contributed by atoms with Crippen molar-refractivity contribution < 1.29 is 21.7 Å². The van der Waals surface area contributed by atoms with E-state index in [-0.39, 0.29) is 24.4 Å². The minimum absolute atomic E-state index is 0. The third-order valence-corrected chi connectivity index (χ3v) is 5.88. The lowest BCUT2D eigenvalue weighted by Gasteiger charge is -2.53. The molecule has 3 heterocycles. The zero-order valence-electron chi connectivity index (χ0n) is 14.6. The molecule has 4 heteroatoms. The van der Waals surface area contributed by atoms with Gasteiger partial charge in [-0.1, -0.05) is 25.1 Å². The lowest BCUT2D eigenvalue weighted by Crippen LogP contribution is -3.00. The molecule has 0 radical (unpaired) electrons. The number of anilines is 1. The fraction of sp³-hybridized carbons (Fsp3) is 0.632. The van der Waals surface area contributed by atoms with Crippen LogP contribution in [0.3, 0.4) is 0 Å². The van der Waals surface area contributed by atoms with Crippen molar-refractivity contribution >= 4 is 11.6 Å². The topological polar surface area (TPSA) is 29.1 Å². The van der Waals surface area contributed by atoms with E-state index in [1.807, 2.05) is 0 Å². The molecule has 3 aliphatic rings. The van der Waals surface area contributed by atoms with Crippen LogP contribution in [0.15, 0.2) is 18.2 Å². The van der Waals surface area contributed by atoms with Gasteiger partial charge in [-0.3, -0.25) is 4.79 Å². The lowest BCUT2D eigenvalue weighted by atomic mass is 9.80. The molecule has 23 heavy (non-hydrogen) atoms. The fourth-order valence-corrected chi connectivity index (χ4v) is 4.62. The maximum atomic E-state index is 13.0. The third kappa shape index (κ3) is 3.41. The van der Waals surface area contributed by atoms with Crippen LogP contribution < -0.4 is 17.7 Å². The summed E-state index contributed by atoms with van der Waals surface area (Å²) in [5, 5.41) is 3.26. The monoisotopic (exact) mass is 336 g/mol. The zero-order chi connectivity index (χ0) is 15.7. The Hall–Kier alpha value is -1.06. The highest BCUT2D eigenvalue weighted by molar-refractivity contribution is 5.95. The molecule has 1 amide bonds. The van der Waals surface area contributed by atoms with Crippen LogP contribution in [0.25, 0.3) is 0 Å². The number of fused-ring (bicyclic) bond motifs is 3. The van der Waals surface area contributed by atoms with Crippen LogP contribution in [-0.4, -0.2) is 36.1 Å². The van der Waals surface area contributed by atoms with Crippen LogP contribution in [0.1, 0.15) is 43.7 Å². The van der Waals surface area contributed by atoms with Gasteiger partial charge in [0.2, 0.25) is 0 Å². The molecule has 128 valence electrons. The molecule has 1 aromatic rings.